The first kappa shape index (κ1) is 14.3. The molecule has 18 heavy (non-hydrogen) atoms. The second-order valence-electron chi connectivity index (χ2n) is 3.45. The molecule has 0 atom stereocenters. The molecular weight excluding hydrogens is 232 g/mol. The molecule has 0 unspecified atom stereocenters. The fourth-order valence-electron chi connectivity index (χ4n) is 1.31. The minimum absolute atomic E-state index is 0.496. The Morgan fingerprint density at radius 1 is 1.33 bits per heavy atom. The molecule has 100 valence electrons. The molecule has 0 bridgehead atoms. The SMILES string of the molecule is CCOc1ccc(NC(=NCCOC)NN)cc1. The molecule has 0 fully saturated rings. The standard InChI is InChI=1S/C12H20N4O2/c1-3-18-11-6-4-10(5-7-11)15-12(16-13)14-8-9-17-2/h4-7H,3,8-9,13H2,1-2H3,(H2,14,15,16). The molecule has 0 aliphatic carbocycles. The average Bonchev–Trinajstić information content (AvgIpc) is 2.40. The summed E-state index contributed by atoms with van der Waals surface area (Å²) >= 11 is 0. The van der Waals surface area contributed by atoms with Gasteiger partial charge in [-0.1, -0.05) is 0 Å². The number of benzene rings is 1. The first-order valence-electron chi connectivity index (χ1n) is 5.80. The molecule has 1 aromatic carbocycles. The fourth-order valence-corrected chi connectivity index (χ4v) is 1.31. The number of guanidine groups is 1. The number of nitrogens with one attached hydrogen (secondary N) is 2. The zero-order chi connectivity index (χ0) is 13.2. The van der Waals surface area contributed by atoms with Crippen LogP contribution in [0.1, 0.15) is 6.92 Å². The van der Waals surface area contributed by atoms with Gasteiger partial charge in [-0.15, -0.1) is 0 Å². The second kappa shape index (κ2) is 8.32. The van der Waals surface area contributed by atoms with Gasteiger partial charge in [0.05, 0.1) is 19.8 Å². The van der Waals surface area contributed by atoms with Crippen molar-refractivity contribution in [2.45, 2.75) is 6.92 Å². The maximum atomic E-state index is 5.37. The molecule has 0 amide bonds. The number of anilines is 1. The Balaban J connectivity index is 2.55. The molecule has 0 saturated carbocycles. The van der Waals surface area contributed by atoms with E-state index in [9.17, 15) is 0 Å². The minimum atomic E-state index is 0.496. The quantitative estimate of drug-likeness (QED) is 0.231. The van der Waals surface area contributed by atoms with Crippen molar-refractivity contribution in [1.29, 1.82) is 0 Å². The summed E-state index contributed by atoms with van der Waals surface area (Å²) in [4.78, 5) is 4.20. The Labute approximate surface area is 107 Å². The third-order valence-corrected chi connectivity index (χ3v) is 2.13. The Hall–Kier alpha value is -1.79. The van der Waals surface area contributed by atoms with Crippen LogP contribution >= 0.6 is 0 Å². The van der Waals surface area contributed by atoms with Gasteiger partial charge in [-0.05, 0) is 31.2 Å². The summed E-state index contributed by atoms with van der Waals surface area (Å²) in [7, 11) is 1.63. The van der Waals surface area contributed by atoms with Crippen molar-refractivity contribution in [3.8, 4) is 5.75 Å². The predicted molar refractivity (Wildman–Crippen MR) is 72.7 cm³/mol. The molecule has 0 heterocycles. The number of hydrogen-bond acceptors (Lipinski definition) is 4. The van der Waals surface area contributed by atoms with E-state index in [-0.39, 0.29) is 0 Å². The van der Waals surface area contributed by atoms with Crippen LogP contribution in [-0.4, -0.2) is 32.8 Å². The van der Waals surface area contributed by atoms with E-state index in [0.29, 0.717) is 25.7 Å². The summed E-state index contributed by atoms with van der Waals surface area (Å²) in [5.41, 5.74) is 3.38. The highest BCUT2D eigenvalue weighted by molar-refractivity contribution is 5.93. The highest BCUT2D eigenvalue weighted by Gasteiger charge is 1.98. The number of nitrogens with two attached hydrogens (primary N) is 1. The van der Waals surface area contributed by atoms with E-state index in [1.165, 1.54) is 0 Å². The fraction of sp³-hybridized carbons (Fsp3) is 0.417. The van der Waals surface area contributed by atoms with E-state index in [1.807, 2.05) is 31.2 Å². The maximum Gasteiger partial charge on any atom is 0.210 e. The van der Waals surface area contributed by atoms with Crippen LogP contribution in [-0.2, 0) is 4.74 Å². The molecule has 0 spiro atoms. The summed E-state index contributed by atoms with van der Waals surface area (Å²) in [6.45, 7) is 3.70. The van der Waals surface area contributed by atoms with Crippen LogP contribution in [0.15, 0.2) is 29.3 Å². The molecule has 6 heteroatoms. The number of aliphatic imine (C=N–C) groups is 1. The van der Waals surface area contributed by atoms with E-state index in [0.717, 1.165) is 11.4 Å². The maximum absolute atomic E-state index is 5.37. The van der Waals surface area contributed by atoms with Crippen molar-refractivity contribution in [1.82, 2.24) is 5.43 Å². The average molecular weight is 252 g/mol. The molecular formula is C12H20N4O2. The van der Waals surface area contributed by atoms with Crippen molar-refractivity contribution >= 4 is 11.6 Å². The van der Waals surface area contributed by atoms with Crippen LogP contribution in [0.2, 0.25) is 0 Å². The van der Waals surface area contributed by atoms with E-state index in [4.69, 9.17) is 15.3 Å². The van der Waals surface area contributed by atoms with E-state index >= 15 is 0 Å². The number of ether oxygens (including phenoxy) is 2. The molecule has 0 saturated heterocycles. The highest BCUT2D eigenvalue weighted by atomic mass is 16.5. The summed E-state index contributed by atoms with van der Waals surface area (Å²) in [5, 5.41) is 3.06. The molecule has 1 aromatic rings. The normalized spacial score (nSPS) is 11.2. The van der Waals surface area contributed by atoms with Gasteiger partial charge in [0.1, 0.15) is 5.75 Å². The van der Waals surface area contributed by atoms with Gasteiger partial charge in [0.25, 0.3) is 0 Å². The van der Waals surface area contributed by atoms with Gasteiger partial charge in [0.15, 0.2) is 0 Å². The lowest BCUT2D eigenvalue weighted by molar-refractivity contribution is 0.208. The van der Waals surface area contributed by atoms with E-state index in [1.54, 1.807) is 7.11 Å². The molecule has 1 rings (SSSR count). The molecule has 4 N–H and O–H groups in total. The van der Waals surface area contributed by atoms with Crippen LogP contribution in [0, 0.1) is 0 Å². The number of hydrazine groups is 1. The third-order valence-electron chi connectivity index (χ3n) is 2.13. The topological polar surface area (TPSA) is 80.9 Å². The smallest absolute Gasteiger partial charge is 0.210 e. The first-order valence-corrected chi connectivity index (χ1v) is 5.80. The Morgan fingerprint density at radius 3 is 2.61 bits per heavy atom. The summed E-state index contributed by atoms with van der Waals surface area (Å²) in [6.07, 6.45) is 0. The van der Waals surface area contributed by atoms with Crippen molar-refractivity contribution in [3.63, 3.8) is 0 Å². The number of hydrogen-bond donors (Lipinski definition) is 3. The second-order valence-corrected chi connectivity index (χ2v) is 3.45. The van der Waals surface area contributed by atoms with Crippen molar-refractivity contribution in [3.05, 3.63) is 24.3 Å². The van der Waals surface area contributed by atoms with Gasteiger partial charge in [-0.25, -0.2) is 10.8 Å². The molecule has 0 aliphatic heterocycles. The van der Waals surface area contributed by atoms with Crippen molar-refractivity contribution in [2.75, 3.05) is 32.2 Å². The number of rotatable bonds is 6. The summed E-state index contributed by atoms with van der Waals surface area (Å²) in [5.74, 6) is 6.70. The van der Waals surface area contributed by atoms with Crippen molar-refractivity contribution in [2.24, 2.45) is 10.8 Å². The Bertz CT molecular complexity index is 365. The third kappa shape index (κ3) is 5.03. The van der Waals surface area contributed by atoms with E-state index in [2.05, 4.69) is 15.7 Å². The Kier molecular flexibility index (Phi) is 6.60. The summed E-state index contributed by atoms with van der Waals surface area (Å²) < 4.78 is 10.3. The predicted octanol–water partition coefficient (Wildman–Crippen LogP) is 0.963. The van der Waals surface area contributed by atoms with Gasteiger partial charge in [0, 0.05) is 12.8 Å². The highest BCUT2D eigenvalue weighted by Crippen LogP contribution is 2.15. The minimum Gasteiger partial charge on any atom is -0.494 e. The van der Waals surface area contributed by atoms with Gasteiger partial charge < -0.3 is 14.8 Å². The summed E-state index contributed by atoms with van der Waals surface area (Å²) in [6, 6.07) is 7.56. The molecule has 0 radical (unpaired) electrons. The van der Waals surface area contributed by atoms with Crippen molar-refractivity contribution < 1.29 is 9.47 Å². The van der Waals surface area contributed by atoms with E-state index < -0.39 is 0 Å². The van der Waals surface area contributed by atoms with Crippen LogP contribution < -0.4 is 21.3 Å². The van der Waals surface area contributed by atoms with Gasteiger partial charge in [-0.3, -0.25) is 5.43 Å². The Morgan fingerprint density at radius 2 is 2.06 bits per heavy atom. The van der Waals surface area contributed by atoms with Crippen LogP contribution in [0.3, 0.4) is 0 Å². The van der Waals surface area contributed by atoms with Crippen LogP contribution in [0.5, 0.6) is 5.75 Å². The lowest BCUT2D eigenvalue weighted by atomic mass is 10.3. The lowest BCUT2D eigenvalue weighted by Crippen LogP contribution is -2.36. The monoisotopic (exact) mass is 252 g/mol. The molecule has 0 aromatic heterocycles. The zero-order valence-electron chi connectivity index (χ0n) is 10.8. The van der Waals surface area contributed by atoms with Crippen LogP contribution in [0.4, 0.5) is 5.69 Å². The number of methoxy groups -OCH3 is 1. The van der Waals surface area contributed by atoms with Crippen LogP contribution in [0.25, 0.3) is 0 Å². The zero-order valence-corrected chi connectivity index (χ0v) is 10.8. The van der Waals surface area contributed by atoms with Gasteiger partial charge in [-0.2, -0.15) is 0 Å². The largest absolute Gasteiger partial charge is 0.494 e. The lowest BCUT2D eigenvalue weighted by Gasteiger charge is -2.10. The first-order chi connectivity index (χ1) is 8.80. The van der Waals surface area contributed by atoms with Gasteiger partial charge >= 0.3 is 0 Å². The molecule has 6 nitrogen and oxygen atoms in total. The number of nitrogens with zero attached hydrogens (tertiary/aromatic N) is 1. The molecule has 0 aliphatic rings. The van der Waals surface area contributed by atoms with Gasteiger partial charge in [0.2, 0.25) is 5.96 Å².